The molecule has 0 amide bonds. The Bertz CT molecular complexity index is 990. The zero-order valence-corrected chi connectivity index (χ0v) is 12.6. The number of hydrogen-bond acceptors (Lipinski definition) is 4. The van der Waals surface area contributed by atoms with Gasteiger partial charge in [-0.15, -0.1) is 15.3 Å². The molecule has 6 nitrogen and oxygen atoms in total. The van der Waals surface area contributed by atoms with Crippen LogP contribution >= 0.6 is 0 Å². The van der Waals surface area contributed by atoms with Crippen LogP contribution in [0, 0.1) is 0 Å². The summed E-state index contributed by atoms with van der Waals surface area (Å²) in [4.78, 5) is 3.23. The molecule has 0 saturated carbocycles. The van der Waals surface area contributed by atoms with E-state index in [1.54, 1.807) is 12.1 Å². The zero-order valence-electron chi connectivity index (χ0n) is 12.6. The number of alkyl halides is 2. The SMILES string of the molecule is FC(F)c1nnc2ccc(NCCc3c[nH]c4ccccc34)nn12. The minimum Gasteiger partial charge on any atom is -0.368 e. The maximum atomic E-state index is 12.9. The Labute approximate surface area is 135 Å². The molecule has 122 valence electrons. The van der Waals surface area contributed by atoms with Gasteiger partial charge in [-0.25, -0.2) is 8.78 Å². The van der Waals surface area contributed by atoms with Crippen molar-refractivity contribution in [3.05, 3.63) is 54.0 Å². The number of hydrogen-bond donors (Lipinski definition) is 2. The highest BCUT2D eigenvalue weighted by Gasteiger charge is 2.16. The van der Waals surface area contributed by atoms with Crippen molar-refractivity contribution in [2.24, 2.45) is 0 Å². The topological polar surface area (TPSA) is 70.9 Å². The fourth-order valence-corrected chi connectivity index (χ4v) is 2.70. The van der Waals surface area contributed by atoms with E-state index in [1.807, 2.05) is 24.4 Å². The standard InChI is InChI=1S/C16H14F2N6/c17-15(18)16-22-21-14-6-5-13(23-24(14)16)19-8-7-10-9-20-12-4-2-1-3-11(10)12/h1-6,9,15,20H,7-8H2,(H,19,23). The first-order valence-electron chi connectivity index (χ1n) is 7.52. The van der Waals surface area contributed by atoms with Crippen LogP contribution in [-0.4, -0.2) is 31.3 Å². The number of nitrogens with one attached hydrogen (secondary N) is 2. The van der Waals surface area contributed by atoms with Crippen molar-refractivity contribution in [3.63, 3.8) is 0 Å². The molecule has 0 unspecified atom stereocenters. The minimum atomic E-state index is -2.71. The number of H-pyrrole nitrogens is 1. The Morgan fingerprint density at radius 1 is 1.12 bits per heavy atom. The summed E-state index contributed by atoms with van der Waals surface area (Å²) in [6.45, 7) is 0.631. The zero-order chi connectivity index (χ0) is 16.5. The van der Waals surface area contributed by atoms with E-state index in [-0.39, 0.29) is 0 Å². The number of nitrogens with zero attached hydrogens (tertiary/aromatic N) is 4. The molecule has 0 saturated heterocycles. The summed E-state index contributed by atoms with van der Waals surface area (Å²) in [5.74, 6) is 0.0503. The van der Waals surface area contributed by atoms with Crippen molar-refractivity contribution in [1.82, 2.24) is 24.8 Å². The van der Waals surface area contributed by atoms with E-state index >= 15 is 0 Å². The van der Waals surface area contributed by atoms with Crippen molar-refractivity contribution in [2.45, 2.75) is 12.8 Å². The van der Waals surface area contributed by atoms with E-state index in [0.29, 0.717) is 18.0 Å². The molecule has 0 aliphatic heterocycles. The van der Waals surface area contributed by atoms with Crippen molar-refractivity contribution < 1.29 is 8.78 Å². The van der Waals surface area contributed by atoms with Gasteiger partial charge < -0.3 is 10.3 Å². The third-order valence-electron chi connectivity index (χ3n) is 3.86. The number of rotatable bonds is 5. The van der Waals surface area contributed by atoms with Gasteiger partial charge in [-0.1, -0.05) is 18.2 Å². The predicted molar refractivity (Wildman–Crippen MR) is 86.2 cm³/mol. The van der Waals surface area contributed by atoms with Crippen LogP contribution in [-0.2, 0) is 6.42 Å². The molecule has 0 bridgehead atoms. The molecule has 0 radical (unpaired) electrons. The number of benzene rings is 1. The Kier molecular flexibility index (Phi) is 3.56. The molecule has 0 aliphatic rings. The number of anilines is 1. The molecular formula is C16H14F2N6. The van der Waals surface area contributed by atoms with Crippen LogP contribution in [0.3, 0.4) is 0 Å². The third kappa shape index (κ3) is 2.55. The van der Waals surface area contributed by atoms with E-state index in [0.717, 1.165) is 16.5 Å². The summed E-state index contributed by atoms with van der Waals surface area (Å²) in [5, 5.41) is 15.6. The van der Waals surface area contributed by atoms with Gasteiger partial charge in [-0.05, 0) is 30.2 Å². The quantitative estimate of drug-likeness (QED) is 0.590. The molecule has 8 heteroatoms. The van der Waals surface area contributed by atoms with Gasteiger partial charge in [0, 0.05) is 23.6 Å². The first kappa shape index (κ1) is 14.6. The highest BCUT2D eigenvalue weighted by Crippen LogP contribution is 2.19. The third-order valence-corrected chi connectivity index (χ3v) is 3.86. The van der Waals surface area contributed by atoms with Crippen LogP contribution in [0.2, 0.25) is 0 Å². The summed E-state index contributed by atoms with van der Waals surface area (Å²) >= 11 is 0. The largest absolute Gasteiger partial charge is 0.368 e. The Hall–Kier alpha value is -3.03. The maximum absolute atomic E-state index is 12.9. The maximum Gasteiger partial charge on any atom is 0.299 e. The van der Waals surface area contributed by atoms with E-state index in [2.05, 4.69) is 31.7 Å². The summed E-state index contributed by atoms with van der Waals surface area (Å²) in [7, 11) is 0. The monoisotopic (exact) mass is 328 g/mol. The molecule has 3 heterocycles. The van der Waals surface area contributed by atoms with E-state index in [9.17, 15) is 8.78 Å². The summed E-state index contributed by atoms with van der Waals surface area (Å²) < 4.78 is 26.8. The molecule has 1 aromatic carbocycles. The highest BCUT2D eigenvalue weighted by atomic mass is 19.3. The van der Waals surface area contributed by atoms with Gasteiger partial charge in [-0.2, -0.15) is 4.52 Å². The second-order valence-electron chi connectivity index (χ2n) is 5.38. The van der Waals surface area contributed by atoms with Gasteiger partial charge in [0.15, 0.2) is 5.65 Å². The summed E-state index contributed by atoms with van der Waals surface area (Å²) in [5.41, 5.74) is 2.59. The average molecular weight is 328 g/mol. The Balaban J connectivity index is 1.49. The van der Waals surface area contributed by atoms with Gasteiger partial charge in [0.2, 0.25) is 5.82 Å². The molecule has 2 N–H and O–H groups in total. The highest BCUT2D eigenvalue weighted by molar-refractivity contribution is 5.83. The molecule has 3 aromatic heterocycles. The first-order valence-corrected chi connectivity index (χ1v) is 7.52. The summed E-state index contributed by atoms with van der Waals surface area (Å²) in [6.07, 6.45) is 0.0552. The van der Waals surface area contributed by atoms with E-state index in [1.165, 1.54) is 10.9 Å². The fourth-order valence-electron chi connectivity index (χ4n) is 2.70. The van der Waals surface area contributed by atoms with Crippen molar-refractivity contribution in [2.75, 3.05) is 11.9 Å². The molecule has 0 fully saturated rings. The second kappa shape index (κ2) is 5.88. The minimum absolute atomic E-state index is 0.299. The van der Waals surface area contributed by atoms with Crippen LogP contribution in [0.1, 0.15) is 17.8 Å². The van der Waals surface area contributed by atoms with E-state index < -0.39 is 12.2 Å². The number of aromatic amines is 1. The van der Waals surface area contributed by atoms with Gasteiger partial charge in [0.25, 0.3) is 6.43 Å². The summed E-state index contributed by atoms with van der Waals surface area (Å²) in [6, 6.07) is 11.4. The van der Waals surface area contributed by atoms with Crippen LogP contribution in [0.4, 0.5) is 14.6 Å². The second-order valence-corrected chi connectivity index (χ2v) is 5.38. The lowest BCUT2D eigenvalue weighted by Crippen LogP contribution is -2.09. The lowest BCUT2D eigenvalue weighted by molar-refractivity contribution is 0.137. The van der Waals surface area contributed by atoms with Crippen molar-refractivity contribution in [1.29, 1.82) is 0 Å². The van der Waals surface area contributed by atoms with Gasteiger partial charge in [0.1, 0.15) is 5.82 Å². The molecule has 4 rings (SSSR count). The normalized spacial score (nSPS) is 11.6. The average Bonchev–Trinajstić information content (AvgIpc) is 3.19. The molecule has 4 aromatic rings. The smallest absolute Gasteiger partial charge is 0.299 e. The molecular weight excluding hydrogens is 314 g/mol. The lowest BCUT2D eigenvalue weighted by Gasteiger charge is -2.06. The van der Waals surface area contributed by atoms with Crippen LogP contribution in [0.25, 0.3) is 16.6 Å². The first-order chi connectivity index (χ1) is 11.7. The van der Waals surface area contributed by atoms with E-state index in [4.69, 9.17) is 0 Å². The van der Waals surface area contributed by atoms with Crippen LogP contribution in [0.5, 0.6) is 0 Å². The predicted octanol–water partition coefficient (Wildman–Crippen LogP) is 3.20. The number of para-hydroxylation sites is 1. The van der Waals surface area contributed by atoms with Crippen LogP contribution in [0.15, 0.2) is 42.6 Å². The van der Waals surface area contributed by atoms with Gasteiger partial charge in [-0.3, -0.25) is 0 Å². The molecule has 24 heavy (non-hydrogen) atoms. The fraction of sp³-hybridized carbons (Fsp3) is 0.188. The Morgan fingerprint density at radius 2 is 2.00 bits per heavy atom. The Morgan fingerprint density at radius 3 is 2.88 bits per heavy atom. The number of aromatic nitrogens is 5. The van der Waals surface area contributed by atoms with Gasteiger partial charge in [0.05, 0.1) is 0 Å². The van der Waals surface area contributed by atoms with Crippen molar-refractivity contribution in [3.8, 4) is 0 Å². The van der Waals surface area contributed by atoms with Crippen molar-refractivity contribution >= 4 is 22.4 Å². The van der Waals surface area contributed by atoms with Gasteiger partial charge >= 0.3 is 0 Å². The molecule has 0 atom stereocenters. The molecule has 0 spiro atoms. The number of fused-ring (bicyclic) bond motifs is 2. The number of halogens is 2. The van der Waals surface area contributed by atoms with Crippen LogP contribution < -0.4 is 5.32 Å². The molecule has 0 aliphatic carbocycles. The lowest BCUT2D eigenvalue weighted by atomic mass is 10.1.